The normalized spacial score (nSPS) is 11.3. The van der Waals surface area contributed by atoms with Gasteiger partial charge in [0.15, 0.2) is 5.16 Å². The van der Waals surface area contributed by atoms with E-state index in [2.05, 4.69) is 15.5 Å². The van der Waals surface area contributed by atoms with E-state index < -0.39 is 0 Å². The molecule has 7 nitrogen and oxygen atoms in total. The van der Waals surface area contributed by atoms with Gasteiger partial charge in [0.2, 0.25) is 11.7 Å². The number of fused-ring (bicyclic) bond motifs is 3. The molecule has 0 bridgehead atoms. The molecule has 3 aromatic carbocycles. The molecule has 0 saturated carbocycles. The lowest BCUT2D eigenvalue weighted by Gasteiger charge is -2.12. The zero-order chi connectivity index (χ0) is 24.5. The number of thioether (sulfide) groups is 1. The summed E-state index contributed by atoms with van der Waals surface area (Å²) < 4.78 is 3.50. The van der Waals surface area contributed by atoms with Gasteiger partial charge >= 0.3 is 0 Å². The summed E-state index contributed by atoms with van der Waals surface area (Å²) in [4.78, 5) is 26.0. The van der Waals surface area contributed by atoms with Crippen LogP contribution in [0.25, 0.3) is 16.7 Å². The summed E-state index contributed by atoms with van der Waals surface area (Å²) in [6.07, 6.45) is 0. The van der Waals surface area contributed by atoms with Crippen LogP contribution in [0, 0.1) is 20.8 Å². The number of nitrogens with one attached hydrogen (secondary N) is 1. The molecular formula is C27H25N5O2S. The van der Waals surface area contributed by atoms with E-state index in [0.29, 0.717) is 22.9 Å². The standard InChI is InChI=1S/C27H25N5O2S/c1-17-8-11-20(12-9-17)15-31-25(34)22-6-4-5-7-23(22)32-26(31)29-30-27(32)35-16-24(33)28-21-13-10-18(2)19(3)14-21/h4-14H,15-16H2,1-3H3,(H,28,33). The molecule has 0 fully saturated rings. The Labute approximate surface area is 206 Å². The number of aryl methyl sites for hydroxylation is 3. The fraction of sp³-hybridized carbons (Fsp3) is 0.185. The number of hydrogen-bond acceptors (Lipinski definition) is 5. The number of amides is 1. The lowest BCUT2D eigenvalue weighted by atomic mass is 10.1. The van der Waals surface area contributed by atoms with Crippen LogP contribution >= 0.6 is 11.8 Å². The fourth-order valence-electron chi connectivity index (χ4n) is 3.99. The maximum atomic E-state index is 13.4. The predicted octanol–water partition coefficient (Wildman–Crippen LogP) is 4.75. The number of nitrogens with zero attached hydrogens (tertiary/aromatic N) is 4. The average Bonchev–Trinajstić information content (AvgIpc) is 3.28. The molecule has 0 unspecified atom stereocenters. The summed E-state index contributed by atoms with van der Waals surface area (Å²) in [7, 11) is 0. The summed E-state index contributed by atoms with van der Waals surface area (Å²) >= 11 is 1.29. The van der Waals surface area contributed by atoms with Crippen molar-refractivity contribution >= 4 is 40.0 Å². The molecule has 0 aliphatic carbocycles. The topological polar surface area (TPSA) is 81.3 Å². The van der Waals surface area contributed by atoms with Gasteiger partial charge in [0.05, 0.1) is 23.2 Å². The van der Waals surface area contributed by atoms with Gasteiger partial charge in [0.25, 0.3) is 5.56 Å². The van der Waals surface area contributed by atoms with Crippen LogP contribution in [0.15, 0.2) is 76.7 Å². The highest BCUT2D eigenvalue weighted by molar-refractivity contribution is 7.99. The highest BCUT2D eigenvalue weighted by atomic mass is 32.2. The molecule has 176 valence electrons. The van der Waals surface area contributed by atoms with E-state index in [-0.39, 0.29) is 17.2 Å². The number of carbonyl (C=O) groups is 1. The maximum absolute atomic E-state index is 13.4. The summed E-state index contributed by atoms with van der Waals surface area (Å²) in [5, 5.41) is 12.8. The summed E-state index contributed by atoms with van der Waals surface area (Å²) in [5.41, 5.74) is 5.82. The van der Waals surface area contributed by atoms with Gasteiger partial charge in [0, 0.05) is 5.69 Å². The Morgan fingerprint density at radius 2 is 1.71 bits per heavy atom. The van der Waals surface area contributed by atoms with E-state index in [4.69, 9.17) is 0 Å². The van der Waals surface area contributed by atoms with Crippen molar-refractivity contribution in [3.63, 3.8) is 0 Å². The second-order valence-corrected chi connectivity index (χ2v) is 9.59. The van der Waals surface area contributed by atoms with E-state index in [9.17, 15) is 9.59 Å². The molecule has 1 amide bonds. The maximum Gasteiger partial charge on any atom is 0.263 e. The molecule has 35 heavy (non-hydrogen) atoms. The Morgan fingerprint density at radius 1 is 0.943 bits per heavy atom. The number of aromatic nitrogens is 4. The van der Waals surface area contributed by atoms with Crippen molar-refractivity contribution in [1.82, 2.24) is 19.2 Å². The second-order valence-electron chi connectivity index (χ2n) is 8.65. The van der Waals surface area contributed by atoms with Crippen molar-refractivity contribution in [2.45, 2.75) is 32.5 Å². The Balaban J connectivity index is 1.48. The summed E-state index contributed by atoms with van der Waals surface area (Å²) in [5.74, 6) is 0.484. The first-order valence-corrected chi connectivity index (χ1v) is 12.3. The third-order valence-electron chi connectivity index (χ3n) is 6.06. The van der Waals surface area contributed by atoms with Crippen LogP contribution in [0.2, 0.25) is 0 Å². The second kappa shape index (κ2) is 9.38. The highest BCUT2D eigenvalue weighted by Crippen LogP contribution is 2.23. The molecule has 2 aromatic heterocycles. The first kappa shape index (κ1) is 22.9. The Kier molecular flexibility index (Phi) is 6.13. The molecule has 0 aliphatic heterocycles. The Hall–Kier alpha value is -3.91. The largest absolute Gasteiger partial charge is 0.325 e. The van der Waals surface area contributed by atoms with Crippen molar-refractivity contribution in [3.8, 4) is 0 Å². The van der Waals surface area contributed by atoms with Gasteiger partial charge in [-0.15, -0.1) is 10.2 Å². The third kappa shape index (κ3) is 4.57. The molecular weight excluding hydrogens is 458 g/mol. The van der Waals surface area contributed by atoms with Gasteiger partial charge in [-0.1, -0.05) is 59.8 Å². The molecule has 1 N–H and O–H groups in total. The SMILES string of the molecule is Cc1ccc(Cn2c(=O)c3ccccc3n3c(SCC(=O)Nc4ccc(C)c(C)c4)nnc23)cc1. The molecule has 0 atom stereocenters. The molecule has 0 aliphatic rings. The average molecular weight is 484 g/mol. The number of carbonyl (C=O) groups excluding carboxylic acids is 1. The third-order valence-corrected chi connectivity index (χ3v) is 6.99. The minimum absolute atomic E-state index is 0.120. The number of rotatable bonds is 6. The lowest BCUT2D eigenvalue weighted by Crippen LogP contribution is -2.24. The minimum atomic E-state index is -0.132. The highest BCUT2D eigenvalue weighted by Gasteiger charge is 2.18. The molecule has 5 rings (SSSR count). The number of para-hydroxylation sites is 1. The van der Waals surface area contributed by atoms with Crippen molar-refractivity contribution in [1.29, 1.82) is 0 Å². The zero-order valence-electron chi connectivity index (χ0n) is 19.8. The van der Waals surface area contributed by atoms with E-state index in [1.54, 1.807) is 4.57 Å². The molecule has 8 heteroatoms. The van der Waals surface area contributed by atoms with Crippen molar-refractivity contribution < 1.29 is 4.79 Å². The minimum Gasteiger partial charge on any atom is -0.325 e. The van der Waals surface area contributed by atoms with Gasteiger partial charge in [-0.3, -0.25) is 18.6 Å². The van der Waals surface area contributed by atoms with Gasteiger partial charge in [0.1, 0.15) is 0 Å². The number of hydrogen-bond donors (Lipinski definition) is 1. The van der Waals surface area contributed by atoms with Crippen molar-refractivity contribution in [2.24, 2.45) is 0 Å². The summed E-state index contributed by atoms with van der Waals surface area (Å²) in [6.45, 7) is 6.46. The van der Waals surface area contributed by atoms with Crippen molar-refractivity contribution in [2.75, 3.05) is 11.1 Å². The van der Waals surface area contributed by atoms with Gasteiger partial charge in [-0.25, -0.2) is 0 Å². The van der Waals surface area contributed by atoms with E-state index in [1.165, 1.54) is 17.3 Å². The van der Waals surface area contributed by atoms with Crippen LogP contribution in [-0.4, -0.2) is 30.8 Å². The van der Waals surface area contributed by atoms with Crippen LogP contribution in [0.1, 0.15) is 22.3 Å². The number of benzene rings is 3. The molecule has 0 saturated heterocycles. The monoisotopic (exact) mass is 483 g/mol. The molecule has 0 spiro atoms. The quantitative estimate of drug-likeness (QED) is 0.353. The number of anilines is 1. The van der Waals surface area contributed by atoms with Crippen LogP contribution in [0.5, 0.6) is 0 Å². The molecule has 0 radical (unpaired) electrons. The van der Waals surface area contributed by atoms with Gasteiger partial charge in [-0.2, -0.15) is 0 Å². The van der Waals surface area contributed by atoms with E-state index in [1.807, 2.05) is 91.9 Å². The van der Waals surface area contributed by atoms with Crippen LogP contribution in [0.3, 0.4) is 0 Å². The van der Waals surface area contributed by atoms with Gasteiger partial charge in [-0.05, 0) is 61.7 Å². The predicted molar refractivity (Wildman–Crippen MR) is 140 cm³/mol. The summed E-state index contributed by atoms with van der Waals surface area (Å²) in [6, 6.07) is 21.3. The van der Waals surface area contributed by atoms with Gasteiger partial charge < -0.3 is 5.32 Å². The van der Waals surface area contributed by atoms with Crippen LogP contribution in [-0.2, 0) is 11.3 Å². The van der Waals surface area contributed by atoms with Crippen LogP contribution < -0.4 is 10.9 Å². The first-order chi connectivity index (χ1) is 16.9. The van der Waals surface area contributed by atoms with Crippen molar-refractivity contribution in [3.05, 3.63) is 99.3 Å². The first-order valence-electron chi connectivity index (χ1n) is 11.3. The zero-order valence-corrected chi connectivity index (χ0v) is 20.6. The molecule has 2 heterocycles. The molecule has 5 aromatic rings. The Morgan fingerprint density at radius 3 is 2.49 bits per heavy atom. The fourth-order valence-corrected chi connectivity index (χ4v) is 4.73. The van der Waals surface area contributed by atoms with E-state index in [0.717, 1.165) is 27.9 Å². The Bertz CT molecular complexity index is 1620. The lowest BCUT2D eigenvalue weighted by molar-refractivity contribution is -0.113. The van der Waals surface area contributed by atoms with Crippen LogP contribution in [0.4, 0.5) is 5.69 Å². The van der Waals surface area contributed by atoms with E-state index >= 15 is 0 Å². The smallest absolute Gasteiger partial charge is 0.263 e.